The highest BCUT2D eigenvalue weighted by Crippen LogP contribution is 2.26. The molecule has 1 heterocycles. The molecule has 1 aromatic carbocycles. The molecule has 2 N–H and O–H groups in total. The van der Waals surface area contributed by atoms with E-state index < -0.39 is 20.8 Å². The summed E-state index contributed by atoms with van der Waals surface area (Å²) in [5.41, 5.74) is 7.60. The van der Waals surface area contributed by atoms with Gasteiger partial charge in [0.1, 0.15) is 0 Å². The molecule has 1 aromatic rings. The second-order valence-electron chi connectivity index (χ2n) is 4.74. The first-order valence-corrected chi connectivity index (χ1v) is 8.97. The summed E-state index contributed by atoms with van der Waals surface area (Å²) >= 11 is 0. The Morgan fingerprint density at radius 2 is 1.63 bits per heavy atom. The lowest BCUT2D eigenvalue weighted by Crippen LogP contribution is -2.42. The Morgan fingerprint density at radius 1 is 1.16 bits per heavy atom. The van der Waals surface area contributed by atoms with Crippen LogP contribution in [0.1, 0.15) is 11.1 Å². The van der Waals surface area contributed by atoms with Gasteiger partial charge in [-0.25, -0.2) is 8.42 Å². The fourth-order valence-electron chi connectivity index (χ4n) is 2.38. The first kappa shape index (κ1) is 14.5. The normalized spacial score (nSPS) is 18.6. The molecule has 19 heavy (non-hydrogen) atoms. The third-order valence-electron chi connectivity index (χ3n) is 3.22. The number of nitrogens with two attached hydrogens (primary N) is 1. The zero-order chi connectivity index (χ0) is 14.2. The molecule has 7 heteroatoms. The van der Waals surface area contributed by atoms with Crippen molar-refractivity contribution in [3.05, 3.63) is 23.3 Å². The average Bonchev–Trinajstić information content (AvgIpc) is 2.27. The van der Waals surface area contributed by atoms with Gasteiger partial charge in [0, 0.05) is 41.1 Å². The largest absolute Gasteiger partial charge is 0.399 e. The van der Waals surface area contributed by atoms with Crippen molar-refractivity contribution in [1.29, 1.82) is 0 Å². The zero-order valence-corrected chi connectivity index (χ0v) is 12.7. The van der Waals surface area contributed by atoms with Gasteiger partial charge in [-0.1, -0.05) is 0 Å². The topological polar surface area (TPSA) is 80.5 Å². The van der Waals surface area contributed by atoms with E-state index in [1.165, 1.54) is 4.31 Å². The summed E-state index contributed by atoms with van der Waals surface area (Å²) in [4.78, 5) is 0.328. The molecule has 0 radical (unpaired) electrons. The molecule has 1 saturated heterocycles. The molecule has 0 spiro atoms. The zero-order valence-electron chi connectivity index (χ0n) is 11.0. The molecule has 0 unspecified atom stereocenters. The molecule has 2 rings (SSSR count). The third-order valence-corrected chi connectivity index (χ3v) is 6.70. The van der Waals surface area contributed by atoms with Crippen LogP contribution in [0.25, 0.3) is 0 Å². The van der Waals surface area contributed by atoms with E-state index in [1.807, 2.05) is 0 Å². The maximum absolute atomic E-state index is 12.6. The lowest BCUT2D eigenvalue weighted by atomic mass is 10.1. The molecular weight excluding hydrogens is 284 g/mol. The summed E-state index contributed by atoms with van der Waals surface area (Å²) in [5.74, 6) is 0.818. The van der Waals surface area contributed by atoms with Crippen molar-refractivity contribution in [3.63, 3.8) is 0 Å². The molecule has 0 aromatic heterocycles. The maximum Gasteiger partial charge on any atom is 0.243 e. The van der Waals surface area contributed by atoms with Crippen molar-refractivity contribution in [2.45, 2.75) is 18.7 Å². The summed E-state index contributed by atoms with van der Waals surface area (Å²) in [7, 11) is -4.41. The van der Waals surface area contributed by atoms with Gasteiger partial charge in [-0.15, -0.1) is 0 Å². The van der Waals surface area contributed by atoms with Crippen molar-refractivity contribution < 1.29 is 12.6 Å². The molecular formula is C12H18N2O3S2. The third kappa shape index (κ3) is 2.82. The number of hydrogen-bond donors (Lipinski definition) is 1. The van der Waals surface area contributed by atoms with Crippen molar-refractivity contribution in [1.82, 2.24) is 4.31 Å². The molecule has 0 atom stereocenters. The van der Waals surface area contributed by atoms with E-state index in [1.54, 1.807) is 26.0 Å². The van der Waals surface area contributed by atoms with Crippen molar-refractivity contribution in [2.75, 3.05) is 30.3 Å². The molecule has 1 fully saturated rings. The lowest BCUT2D eigenvalue weighted by Gasteiger charge is -2.27. The maximum atomic E-state index is 12.6. The highest BCUT2D eigenvalue weighted by Gasteiger charge is 2.30. The van der Waals surface area contributed by atoms with E-state index in [4.69, 9.17) is 5.73 Å². The van der Waals surface area contributed by atoms with Gasteiger partial charge in [-0.2, -0.15) is 4.31 Å². The average molecular weight is 302 g/mol. The minimum absolute atomic E-state index is 0.318. The monoisotopic (exact) mass is 302 g/mol. The van der Waals surface area contributed by atoms with Gasteiger partial charge < -0.3 is 5.73 Å². The number of nitrogen functional groups attached to an aromatic ring is 1. The molecule has 0 bridgehead atoms. The molecule has 0 saturated carbocycles. The number of sulfonamides is 1. The number of hydrogen-bond acceptors (Lipinski definition) is 4. The van der Waals surface area contributed by atoms with Crippen LogP contribution in [0, 0.1) is 13.8 Å². The van der Waals surface area contributed by atoms with Gasteiger partial charge in [0.05, 0.1) is 4.90 Å². The Balaban J connectivity index is 2.43. The van der Waals surface area contributed by atoms with Gasteiger partial charge in [0.2, 0.25) is 10.0 Å². The van der Waals surface area contributed by atoms with Gasteiger partial charge in [0.25, 0.3) is 0 Å². The predicted octanol–water partition coefficient (Wildman–Crippen LogP) is 0.639. The van der Waals surface area contributed by atoms with E-state index in [0.717, 1.165) is 0 Å². The van der Waals surface area contributed by atoms with Crippen LogP contribution >= 0.6 is 0 Å². The van der Waals surface area contributed by atoms with Gasteiger partial charge in [-0.3, -0.25) is 4.21 Å². The van der Waals surface area contributed by atoms with Crippen LogP contribution in [0.3, 0.4) is 0 Å². The molecule has 1 aliphatic rings. The molecule has 0 amide bonds. The number of anilines is 1. The van der Waals surface area contributed by atoms with Gasteiger partial charge in [-0.05, 0) is 37.1 Å². The van der Waals surface area contributed by atoms with Crippen LogP contribution in [0.15, 0.2) is 17.0 Å². The van der Waals surface area contributed by atoms with Gasteiger partial charge in [0.15, 0.2) is 0 Å². The van der Waals surface area contributed by atoms with Crippen molar-refractivity contribution >= 4 is 26.5 Å². The second kappa shape index (κ2) is 5.22. The standard InChI is InChI=1S/C12H18N2O3S2/c1-9-7-11(13)8-10(2)12(9)19(16,17)14-3-5-18(15)6-4-14/h7-8H,3-6,13H2,1-2H3. The Kier molecular flexibility index (Phi) is 3.98. The Hall–Kier alpha value is -0.920. The van der Waals surface area contributed by atoms with Crippen LogP contribution in [0.5, 0.6) is 0 Å². The molecule has 5 nitrogen and oxygen atoms in total. The molecule has 1 aliphatic heterocycles. The lowest BCUT2D eigenvalue weighted by molar-refractivity contribution is 0.438. The van der Waals surface area contributed by atoms with E-state index in [0.29, 0.717) is 46.3 Å². The SMILES string of the molecule is Cc1cc(N)cc(C)c1S(=O)(=O)N1CCS(=O)CC1. The smallest absolute Gasteiger partial charge is 0.243 e. The van der Waals surface area contributed by atoms with E-state index in [-0.39, 0.29) is 0 Å². The summed E-state index contributed by atoms with van der Waals surface area (Å²) in [5, 5.41) is 0. The van der Waals surface area contributed by atoms with Crippen LogP contribution < -0.4 is 5.73 Å². The Morgan fingerprint density at radius 3 is 2.11 bits per heavy atom. The number of rotatable bonds is 2. The minimum atomic E-state index is -3.52. The predicted molar refractivity (Wildman–Crippen MR) is 77.0 cm³/mol. The van der Waals surface area contributed by atoms with E-state index in [9.17, 15) is 12.6 Å². The van der Waals surface area contributed by atoms with Crippen LogP contribution in [0.4, 0.5) is 5.69 Å². The van der Waals surface area contributed by atoms with Crippen LogP contribution in [-0.4, -0.2) is 41.5 Å². The van der Waals surface area contributed by atoms with E-state index >= 15 is 0 Å². The number of aryl methyl sites for hydroxylation is 2. The Labute approximate surface area is 116 Å². The highest BCUT2D eigenvalue weighted by atomic mass is 32.2. The minimum Gasteiger partial charge on any atom is -0.399 e. The molecule has 106 valence electrons. The fraction of sp³-hybridized carbons (Fsp3) is 0.500. The van der Waals surface area contributed by atoms with Crippen molar-refractivity contribution in [3.8, 4) is 0 Å². The summed E-state index contributed by atoms with van der Waals surface area (Å²) in [6, 6.07) is 3.34. The van der Waals surface area contributed by atoms with E-state index in [2.05, 4.69) is 0 Å². The second-order valence-corrected chi connectivity index (χ2v) is 8.31. The van der Waals surface area contributed by atoms with Crippen LogP contribution in [0.2, 0.25) is 0 Å². The van der Waals surface area contributed by atoms with Crippen molar-refractivity contribution in [2.24, 2.45) is 0 Å². The first-order chi connectivity index (χ1) is 8.82. The summed E-state index contributed by atoms with van der Waals surface area (Å²) in [6.45, 7) is 4.13. The summed E-state index contributed by atoms with van der Waals surface area (Å²) in [6.07, 6.45) is 0. The number of nitrogens with zero attached hydrogens (tertiary/aromatic N) is 1. The first-order valence-electron chi connectivity index (χ1n) is 6.04. The fourth-order valence-corrected chi connectivity index (χ4v) is 5.52. The van der Waals surface area contributed by atoms with Crippen LogP contribution in [-0.2, 0) is 20.8 Å². The quantitative estimate of drug-likeness (QED) is 0.813. The summed E-state index contributed by atoms with van der Waals surface area (Å²) < 4.78 is 38.0. The van der Waals surface area contributed by atoms with Gasteiger partial charge >= 0.3 is 0 Å². The number of benzene rings is 1. The highest BCUT2D eigenvalue weighted by molar-refractivity contribution is 7.89. The molecule has 0 aliphatic carbocycles. The Bertz CT molecular complexity index is 593.